The van der Waals surface area contributed by atoms with Crippen LogP contribution in [0.4, 0.5) is 16.2 Å². The van der Waals surface area contributed by atoms with E-state index in [0.717, 1.165) is 11.3 Å². The molecule has 0 aromatic heterocycles. The molecule has 0 bridgehead atoms. The van der Waals surface area contributed by atoms with Crippen molar-refractivity contribution in [2.24, 2.45) is 0 Å². The van der Waals surface area contributed by atoms with Gasteiger partial charge in [0.2, 0.25) is 3.79 Å². The number of amides is 1. The van der Waals surface area contributed by atoms with Crippen LogP contribution >= 0.6 is 34.8 Å². The van der Waals surface area contributed by atoms with Gasteiger partial charge in [-0.05, 0) is 23.3 Å². The van der Waals surface area contributed by atoms with Gasteiger partial charge in [0.05, 0.1) is 11.0 Å². The SMILES string of the molecule is O=C(NC[C@H](Nc1ccccc1)c1ccc([N+](=O)[O-])cc1)O[C@H](c1ccccc1)C(Cl)(Cl)Cl. The van der Waals surface area contributed by atoms with Gasteiger partial charge < -0.3 is 15.4 Å². The summed E-state index contributed by atoms with van der Waals surface area (Å²) >= 11 is 18.1. The highest BCUT2D eigenvalue weighted by molar-refractivity contribution is 6.68. The van der Waals surface area contributed by atoms with Crippen molar-refractivity contribution in [1.29, 1.82) is 0 Å². The smallest absolute Gasteiger partial charge is 0.407 e. The number of hydrogen-bond acceptors (Lipinski definition) is 5. The standard InChI is InChI=1S/C23H20Cl3N3O4/c24-23(25,26)21(17-7-3-1-4-8-17)33-22(30)27-15-20(28-18-9-5-2-6-10-18)16-11-13-19(14-12-16)29(31)32/h1-14,20-21,28H,15H2,(H,27,30)/t20-,21+/m0/s1. The van der Waals surface area contributed by atoms with Crippen LogP contribution in [0.5, 0.6) is 0 Å². The van der Waals surface area contributed by atoms with Crippen LogP contribution in [0.15, 0.2) is 84.9 Å². The number of nitro benzene ring substituents is 1. The Labute approximate surface area is 205 Å². The van der Waals surface area contributed by atoms with Gasteiger partial charge in [0.15, 0.2) is 6.10 Å². The van der Waals surface area contributed by atoms with Gasteiger partial charge in [-0.2, -0.15) is 0 Å². The Bertz CT molecular complexity index is 1060. The van der Waals surface area contributed by atoms with Gasteiger partial charge in [0, 0.05) is 24.4 Å². The zero-order chi connectivity index (χ0) is 23.8. The molecule has 3 aromatic rings. The Morgan fingerprint density at radius 2 is 1.48 bits per heavy atom. The quantitative estimate of drug-likeness (QED) is 0.203. The van der Waals surface area contributed by atoms with Gasteiger partial charge in [0.25, 0.3) is 5.69 Å². The van der Waals surface area contributed by atoms with E-state index in [4.69, 9.17) is 39.5 Å². The summed E-state index contributed by atoms with van der Waals surface area (Å²) in [7, 11) is 0. The fourth-order valence-corrected chi connectivity index (χ4v) is 3.61. The molecule has 0 saturated carbocycles. The third-order valence-electron chi connectivity index (χ3n) is 4.70. The van der Waals surface area contributed by atoms with Crippen LogP contribution in [0, 0.1) is 10.1 Å². The van der Waals surface area contributed by atoms with Crippen LogP contribution in [-0.4, -0.2) is 21.4 Å². The first-order valence-electron chi connectivity index (χ1n) is 9.86. The summed E-state index contributed by atoms with van der Waals surface area (Å²) in [6, 6.07) is 23.6. The third-order valence-corrected chi connectivity index (χ3v) is 5.29. The number of carbonyl (C=O) groups excluding carboxylic acids is 1. The Balaban J connectivity index is 1.73. The summed E-state index contributed by atoms with van der Waals surface area (Å²) in [6.07, 6.45) is -1.90. The molecule has 172 valence electrons. The maximum absolute atomic E-state index is 12.6. The fraction of sp³-hybridized carbons (Fsp3) is 0.174. The molecule has 0 radical (unpaired) electrons. The molecule has 2 atom stereocenters. The Kier molecular flexibility index (Phi) is 8.38. The minimum absolute atomic E-state index is 0.0297. The van der Waals surface area contributed by atoms with E-state index in [9.17, 15) is 14.9 Å². The largest absolute Gasteiger partial charge is 0.437 e. The maximum Gasteiger partial charge on any atom is 0.407 e. The van der Waals surface area contributed by atoms with Crippen molar-refractivity contribution in [3.05, 3.63) is 106 Å². The van der Waals surface area contributed by atoms with E-state index in [1.165, 1.54) is 12.1 Å². The minimum Gasteiger partial charge on any atom is -0.437 e. The van der Waals surface area contributed by atoms with Crippen LogP contribution in [0.1, 0.15) is 23.3 Å². The molecule has 33 heavy (non-hydrogen) atoms. The molecule has 7 nitrogen and oxygen atoms in total. The van der Waals surface area contributed by atoms with E-state index >= 15 is 0 Å². The van der Waals surface area contributed by atoms with Gasteiger partial charge in [-0.1, -0.05) is 95.5 Å². The third kappa shape index (κ3) is 7.25. The van der Waals surface area contributed by atoms with Crippen LogP contribution in [0.2, 0.25) is 0 Å². The van der Waals surface area contributed by atoms with Crippen molar-refractivity contribution in [3.63, 3.8) is 0 Å². The number of non-ortho nitro benzene ring substituents is 1. The molecule has 10 heteroatoms. The fourth-order valence-electron chi connectivity index (χ4n) is 3.10. The molecule has 3 aromatic carbocycles. The molecular weight excluding hydrogens is 489 g/mol. The predicted octanol–water partition coefficient (Wildman–Crippen LogP) is 6.59. The summed E-state index contributed by atoms with van der Waals surface area (Å²) in [5, 5.41) is 16.9. The summed E-state index contributed by atoms with van der Waals surface area (Å²) in [6.45, 7) is 0.104. The molecule has 2 N–H and O–H groups in total. The number of nitrogens with one attached hydrogen (secondary N) is 2. The molecule has 0 heterocycles. The normalized spacial score (nSPS) is 12.9. The van der Waals surface area contributed by atoms with E-state index in [-0.39, 0.29) is 12.2 Å². The van der Waals surface area contributed by atoms with Crippen molar-refractivity contribution in [3.8, 4) is 0 Å². The van der Waals surface area contributed by atoms with Crippen LogP contribution in [-0.2, 0) is 4.74 Å². The van der Waals surface area contributed by atoms with E-state index in [1.807, 2.05) is 30.3 Å². The summed E-state index contributed by atoms with van der Waals surface area (Å²) < 4.78 is 3.55. The first-order valence-corrected chi connectivity index (χ1v) is 11.0. The number of carbonyl (C=O) groups is 1. The van der Waals surface area contributed by atoms with Crippen molar-refractivity contribution >= 4 is 52.3 Å². The maximum atomic E-state index is 12.6. The van der Waals surface area contributed by atoms with E-state index in [0.29, 0.717) is 5.56 Å². The molecule has 3 rings (SSSR count). The zero-order valence-electron chi connectivity index (χ0n) is 17.2. The number of alkyl halides is 3. The lowest BCUT2D eigenvalue weighted by Crippen LogP contribution is -2.35. The zero-order valence-corrected chi connectivity index (χ0v) is 19.4. The molecule has 0 aliphatic rings. The molecule has 0 aliphatic carbocycles. The van der Waals surface area contributed by atoms with Crippen LogP contribution in [0.3, 0.4) is 0 Å². The number of nitrogens with zero attached hydrogens (tertiary/aromatic N) is 1. The van der Waals surface area contributed by atoms with Crippen molar-refractivity contribution < 1.29 is 14.5 Å². The number of rotatable bonds is 8. The average molecular weight is 509 g/mol. The van der Waals surface area contributed by atoms with E-state index in [1.54, 1.807) is 42.5 Å². The molecule has 0 fully saturated rings. The van der Waals surface area contributed by atoms with E-state index < -0.39 is 27.0 Å². The molecule has 0 spiro atoms. The number of alkyl carbamates (subject to hydrolysis) is 1. The topological polar surface area (TPSA) is 93.5 Å². The Morgan fingerprint density at radius 3 is 2.03 bits per heavy atom. The molecule has 1 amide bonds. The second-order valence-electron chi connectivity index (χ2n) is 7.03. The van der Waals surface area contributed by atoms with Gasteiger partial charge >= 0.3 is 6.09 Å². The van der Waals surface area contributed by atoms with Crippen LogP contribution < -0.4 is 10.6 Å². The lowest BCUT2D eigenvalue weighted by Gasteiger charge is -2.26. The van der Waals surface area contributed by atoms with Gasteiger partial charge in [-0.25, -0.2) is 4.79 Å². The monoisotopic (exact) mass is 507 g/mol. The highest BCUT2D eigenvalue weighted by Crippen LogP contribution is 2.42. The molecule has 0 saturated heterocycles. The van der Waals surface area contributed by atoms with Gasteiger partial charge in [-0.3, -0.25) is 10.1 Å². The Hall–Kier alpha value is -3.00. The van der Waals surface area contributed by atoms with Crippen molar-refractivity contribution in [1.82, 2.24) is 5.32 Å². The highest BCUT2D eigenvalue weighted by Gasteiger charge is 2.37. The number of hydrogen-bond donors (Lipinski definition) is 2. The van der Waals surface area contributed by atoms with Crippen molar-refractivity contribution in [2.75, 3.05) is 11.9 Å². The average Bonchev–Trinajstić information content (AvgIpc) is 2.80. The first kappa shape index (κ1) is 24.6. The predicted molar refractivity (Wildman–Crippen MR) is 130 cm³/mol. The highest BCUT2D eigenvalue weighted by atomic mass is 35.6. The number of ether oxygens (including phenoxy) is 1. The second-order valence-corrected chi connectivity index (χ2v) is 9.40. The van der Waals surface area contributed by atoms with E-state index in [2.05, 4.69) is 10.6 Å². The van der Waals surface area contributed by atoms with Gasteiger partial charge in [0.1, 0.15) is 0 Å². The van der Waals surface area contributed by atoms with Crippen molar-refractivity contribution in [2.45, 2.75) is 15.9 Å². The molecule has 0 unspecified atom stereocenters. The molecular formula is C23H20Cl3N3O4. The summed E-state index contributed by atoms with van der Waals surface area (Å²) in [4.78, 5) is 23.1. The number of halogens is 3. The lowest BCUT2D eigenvalue weighted by molar-refractivity contribution is -0.384. The number of para-hydroxylation sites is 1. The Morgan fingerprint density at radius 1 is 0.909 bits per heavy atom. The summed E-state index contributed by atoms with van der Waals surface area (Å²) in [5.74, 6) is 0. The number of anilines is 1. The molecule has 0 aliphatic heterocycles. The minimum atomic E-state index is -1.88. The number of benzene rings is 3. The summed E-state index contributed by atoms with van der Waals surface area (Å²) in [5.41, 5.74) is 2.03. The first-order chi connectivity index (χ1) is 15.7. The van der Waals surface area contributed by atoms with Crippen LogP contribution in [0.25, 0.3) is 0 Å². The number of nitro groups is 1. The lowest BCUT2D eigenvalue weighted by atomic mass is 10.1. The second kappa shape index (κ2) is 11.2. The van der Waals surface area contributed by atoms with Gasteiger partial charge in [-0.15, -0.1) is 0 Å².